The van der Waals surface area contributed by atoms with Crippen LogP contribution < -0.4 is 5.32 Å². The topological polar surface area (TPSA) is 35.8 Å². The Morgan fingerprint density at radius 1 is 1.73 bits per heavy atom. The minimum atomic E-state index is 0.301. The largest absolute Gasteiger partial charge is 0.316 e. The first-order valence-electron chi connectivity index (χ1n) is 4.48. The molecule has 1 rings (SSSR count). The molecule has 0 bridgehead atoms. The van der Waals surface area contributed by atoms with E-state index in [0.717, 1.165) is 25.9 Å². The molecule has 0 aliphatic carbocycles. The quantitative estimate of drug-likeness (QED) is 0.665. The molecule has 1 aliphatic rings. The van der Waals surface area contributed by atoms with Gasteiger partial charge in [0, 0.05) is 0 Å². The van der Waals surface area contributed by atoms with Crippen molar-refractivity contribution in [3.63, 3.8) is 0 Å². The van der Waals surface area contributed by atoms with E-state index in [0.29, 0.717) is 11.8 Å². The van der Waals surface area contributed by atoms with Gasteiger partial charge < -0.3 is 5.32 Å². The zero-order valence-corrected chi connectivity index (χ0v) is 7.14. The van der Waals surface area contributed by atoms with Crippen molar-refractivity contribution in [2.75, 3.05) is 13.1 Å². The number of rotatable bonds is 3. The van der Waals surface area contributed by atoms with Crippen LogP contribution in [0.4, 0.5) is 0 Å². The fourth-order valence-electron chi connectivity index (χ4n) is 1.74. The molecule has 0 amide bonds. The molecule has 0 saturated carbocycles. The summed E-state index contributed by atoms with van der Waals surface area (Å²) in [4.78, 5) is 0. The van der Waals surface area contributed by atoms with E-state index in [1.54, 1.807) is 0 Å². The summed E-state index contributed by atoms with van der Waals surface area (Å²) < 4.78 is 0. The van der Waals surface area contributed by atoms with Crippen molar-refractivity contribution >= 4 is 0 Å². The van der Waals surface area contributed by atoms with E-state index >= 15 is 0 Å². The highest BCUT2D eigenvalue weighted by molar-refractivity contribution is 4.91. The standard InChI is InChI=1S/C9H16N2/c1-2-3-8(6-10)9-4-5-11-7-9/h8-9,11H,2-5,7H2,1H3. The van der Waals surface area contributed by atoms with Crippen LogP contribution in [0.2, 0.25) is 0 Å². The van der Waals surface area contributed by atoms with Crippen LogP contribution in [0.15, 0.2) is 0 Å². The zero-order valence-electron chi connectivity index (χ0n) is 7.14. The summed E-state index contributed by atoms with van der Waals surface area (Å²) in [5.74, 6) is 0.926. The summed E-state index contributed by atoms with van der Waals surface area (Å²) in [5.41, 5.74) is 0. The summed E-state index contributed by atoms with van der Waals surface area (Å²) >= 11 is 0. The molecule has 1 N–H and O–H groups in total. The number of nitrogens with zero attached hydrogens (tertiary/aromatic N) is 1. The Kier molecular flexibility index (Phi) is 3.38. The van der Waals surface area contributed by atoms with E-state index < -0.39 is 0 Å². The maximum Gasteiger partial charge on any atom is 0.0659 e. The van der Waals surface area contributed by atoms with Gasteiger partial charge in [0.05, 0.1) is 12.0 Å². The molecule has 0 spiro atoms. The number of hydrogen-bond acceptors (Lipinski definition) is 2. The highest BCUT2D eigenvalue weighted by Crippen LogP contribution is 2.22. The van der Waals surface area contributed by atoms with Crippen molar-refractivity contribution in [3.8, 4) is 6.07 Å². The number of hydrogen-bond donors (Lipinski definition) is 1. The van der Waals surface area contributed by atoms with Crippen LogP contribution in [0.3, 0.4) is 0 Å². The number of nitrogens with one attached hydrogen (secondary N) is 1. The first-order chi connectivity index (χ1) is 5.38. The van der Waals surface area contributed by atoms with E-state index in [1.807, 2.05) is 0 Å². The summed E-state index contributed by atoms with van der Waals surface area (Å²) in [7, 11) is 0. The molecular weight excluding hydrogens is 136 g/mol. The van der Waals surface area contributed by atoms with Crippen molar-refractivity contribution in [1.82, 2.24) is 5.32 Å². The van der Waals surface area contributed by atoms with Gasteiger partial charge in [-0.25, -0.2) is 0 Å². The summed E-state index contributed by atoms with van der Waals surface area (Å²) in [5, 5.41) is 12.1. The second kappa shape index (κ2) is 4.35. The molecule has 2 atom stereocenters. The fourth-order valence-corrected chi connectivity index (χ4v) is 1.74. The van der Waals surface area contributed by atoms with Crippen molar-refractivity contribution in [2.24, 2.45) is 11.8 Å². The van der Waals surface area contributed by atoms with Gasteiger partial charge in [-0.3, -0.25) is 0 Å². The van der Waals surface area contributed by atoms with Crippen LogP contribution >= 0.6 is 0 Å². The minimum Gasteiger partial charge on any atom is -0.316 e. The predicted molar refractivity (Wildman–Crippen MR) is 45.0 cm³/mol. The number of nitriles is 1. The van der Waals surface area contributed by atoms with Gasteiger partial charge in [0.25, 0.3) is 0 Å². The normalized spacial score (nSPS) is 26.4. The van der Waals surface area contributed by atoms with Crippen molar-refractivity contribution < 1.29 is 0 Å². The average molecular weight is 152 g/mol. The molecule has 1 aliphatic heterocycles. The maximum absolute atomic E-state index is 8.84. The summed E-state index contributed by atoms with van der Waals surface area (Å²) in [6.45, 7) is 4.30. The van der Waals surface area contributed by atoms with Crippen LogP contribution in [0.25, 0.3) is 0 Å². The Bertz CT molecular complexity index is 142. The van der Waals surface area contributed by atoms with E-state index in [4.69, 9.17) is 5.26 Å². The Hall–Kier alpha value is -0.550. The van der Waals surface area contributed by atoms with Crippen LogP contribution in [0.5, 0.6) is 0 Å². The summed E-state index contributed by atoms with van der Waals surface area (Å²) in [6.07, 6.45) is 3.40. The van der Waals surface area contributed by atoms with Gasteiger partial charge in [-0.2, -0.15) is 5.26 Å². The van der Waals surface area contributed by atoms with E-state index in [2.05, 4.69) is 18.3 Å². The van der Waals surface area contributed by atoms with Gasteiger partial charge in [-0.05, 0) is 31.8 Å². The Labute approximate surface area is 68.6 Å². The highest BCUT2D eigenvalue weighted by Gasteiger charge is 2.23. The molecule has 62 valence electrons. The fraction of sp³-hybridized carbons (Fsp3) is 0.889. The molecular formula is C9H16N2. The first kappa shape index (κ1) is 8.55. The third kappa shape index (κ3) is 2.20. The van der Waals surface area contributed by atoms with Gasteiger partial charge in [0.1, 0.15) is 0 Å². The van der Waals surface area contributed by atoms with Crippen molar-refractivity contribution in [1.29, 1.82) is 5.26 Å². The third-order valence-corrected chi connectivity index (χ3v) is 2.43. The summed E-state index contributed by atoms with van der Waals surface area (Å²) in [6, 6.07) is 2.40. The first-order valence-corrected chi connectivity index (χ1v) is 4.48. The predicted octanol–water partition coefficient (Wildman–Crippen LogP) is 1.54. The minimum absolute atomic E-state index is 0.301. The lowest BCUT2D eigenvalue weighted by Gasteiger charge is -2.13. The Morgan fingerprint density at radius 3 is 3.00 bits per heavy atom. The maximum atomic E-state index is 8.84. The van der Waals surface area contributed by atoms with E-state index in [9.17, 15) is 0 Å². The van der Waals surface area contributed by atoms with Crippen molar-refractivity contribution in [3.05, 3.63) is 0 Å². The Balaban J connectivity index is 2.35. The molecule has 2 heteroatoms. The van der Waals surface area contributed by atoms with E-state index in [-0.39, 0.29) is 0 Å². The molecule has 2 nitrogen and oxygen atoms in total. The van der Waals surface area contributed by atoms with Gasteiger partial charge in [-0.15, -0.1) is 0 Å². The Morgan fingerprint density at radius 2 is 2.55 bits per heavy atom. The molecule has 11 heavy (non-hydrogen) atoms. The lowest BCUT2D eigenvalue weighted by atomic mass is 9.89. The molecule has 0 aromatic carbocycles. The van der Waals surface area contributed by atoms with Gasteiger partial charge in [0.15, 0.2) is 0 Å². The van der Waals surface area contributed by atoms with Crippen LogP contribution in [-0.4, -0.2) is 13.1 Å². The van der Waals surface area contributed by atoms with Gasteiger partial charge in [0.2, 0.25) is 0 Å². The molecule has 2 unspecified atom stereocenters. The molecule has 0 aromatic heterocycles. The second-order valence-electron chi connectivity index (χ2n) is 3.28. The lowest BCUT2D eigenvalue weighted by molar-refractivity contribution is 0.409. The van der Waals surface area contributed by atoms with Gasteiger partial charge >= 0.3 is 0 Å². The monoisotopic (exact) mass is 152 g/mol. The van der Waals surface area contributed by atoms with Gasteiger partial charge in [-0.1, -0.05) is 13.3 Å². The lowest BCUT2D eigenvalue weighted by Crippen LogP contribution is -2.16. The highest BCUT2D eigenvalue weighted by atomic mass is 14.9. The molecule has 1 heterocycles. The van der Waals surface area contributed by atoms with Crippen LogP contribution in [0.1, 0.15) is 26.2 Å². The zero-order chi connectivity index (χ0) is 8.10. The molecule has 1 fully saturated rings. The molecule has 0 radical (unpaired) electrons. The average Bonchev–Trinajstić information content (AvgIpc) is 2.52. The van der Waals surface area contributed by atoms with Crippen LogP contribution in [-0.2, 0) is 0 Å². The van der Waals surface area contributed by atoms with Crippen LogP contribution in [0, 0.1) is 23.2 Å². The van der Waals surface area contributed by atoms with Crippen molar-refractivity contribution in [2.45, 2.75) is 26.2 Å². The third-order valence-electron chi connectivity index (χ3n) is 2.43. The second-order valence-corrected chi connectivity index (χ2v) is 3.28. The van der Waals surface area contributed by atoms with E-state index in [1.165, 1.54) is 6.42 Å². The SMILES string of the molecule is CCCC(C#N)C1CCNC1. The molecule has 0 aromatic rings. The smallest absolute Gasteiger partial charge is 0.0659 e. The molecule has 1 saturated heterocycles.